The van der Waals surface area contributed by atoms with Crippen molar-refractivity contribution in [1.82, 2.24) is 20.2 Å². The predicted octanol–water partition coefficient (Wildman–Crippen LogP) is 2.96. The first kappa shape index (κ1) is 17.9. The van der Waals surface area contributed by atoms with Crippen LogP contribution in [-0.2, 0) is 11.2 Å². The van der Waals surface area contributed by atoms with E-state index < -0.39 is 0 Å². The maximum absolute atomic E-state index is 12.3. The van der Waals surface area contributed by atoms with Gasteiger partial charge in [0.15, 0.2) is 0 Å². The third-order valence-corrected chi connectivity index (χ3v) is 4.67. The first-order valence-electron chi connectivity index (χ1n) is 8.15. The average molecular weight is 369 g/mol. The van der Waals surface area contributed by atoms with Crippen LogP contribution in [0.4, 0.5) is 5.69 Å². The van der Waals surface area contributed by atoms with E-state index in [-0.39, 0.29) is 11.7 Å². The van der Waals surface area contributed by atoms with Crippen LogP contribution in [0.1, 0.15) is 12.5 Å². The van der Waals surface area contributed by atoms with Crippen LogP contribution in [0.3, 0.4) is 0 Å². The molecule has 1 heterocycles. The smallest absolute Gasteiger partial charge is 0.234 e. The van der Waals surface area contributed by atoms with Gasteiger partial charge in [0.1, 0.15) is 5.75 Å². The highest BCUT2D eigenvalue weighted by Gasteiger charge is 2.14. The van der Waals surface area contributed by atoms with Gasteiger partial charge in [-0.2, -0.15) is 4.68 Å². The first-order chi connectivity index (χ1) is 12.7. The van der Waals surface area contributed by atoms with E-state index in [4.69, 9.17) is 4.74 Å². The molecular formula is C18H19N5O2S. The number of thioether (sulfide) groups is 1. The van der Waals surface area contributed by atoms with Crippen LogP contribution < -0.4 is 10.1 Å². The van der Waals surface area contributed by atoms with Crippen LogP contribution in [0.5, 0.6) is 5.75 Å². The number of nitrogens with one attached hydrogen (secondary N) is 1. The number of aryl methyl sites for hydroxylation is 1. The zero-order chi connectivity index (χ0) is 18.4. The summed E-state index contributed by atoms with van der Waals surface area (Å²) in [4.78, 5) is 12.3. The van der Waals surface area contributed by atoms with E-state index >= 15 is 0 Å². The fourth-order valence-corrected chi connectivity index (χ4v) is 3.18. The highest BCUT2D eigenvalue weighted by atomic mass is 32.2. The molecule has 0 atom stereocenters. The lowest BCUT2D eigenvalue weighted by molar-refractivity contribution is -0.113. The standard InChI is InChI=1S/C18H19N5O2S/c1-3-13-8-4-6-10-15(13)23-18(20-21-22-23)26-12-17(24)19-14-9-5-7-11-16(14)25-2/h4-11H,3,12H2,1-2H3,(H,19,24). The largest absolute Gasteiger partial charge is 0.495 e. The van der Waals surface area contributed by atoms with E-state index in [0.717, 1.165) is 17.7 Å². The van der Waals surface area contributed by atoms with E-state index in [1.807, 2.05) is 36.4 Å². The van der Waals surface area contributed by atoms with Gasteiger partial charge < -0.3 is 10.1 Å². The van der Waals surface area contributed by atoms with Crippen LogP contribution in [0, 0.1) is 0 Å². The number of para-hydroxylation sites is 3. The highest BCUT2D eigenvalue weighted by molar-refractivity contribution is 7.99. The summed E-state index contributed by atoms with van der Waals surface area (Å²) in [5, 5.41) is 15.3. The lowest BCUT2D eigenvalue weighted by Crippen LogP contribution is -2.15. The molecule has 0 aliphatic heterocycles. The van der Waals surface area contributed by atoms with Crippen molar-refractivity contribution >= 4 is 23.4 Å². The number of rotatable bonds is 7. The molecule has 2 aromatic carbocycles. The van der Waals surface area contributed by atoms with Crippen molar-refractivity contribution in [3.8, 4) is 11.4 Å². The second kappa shape index (κ2) is 8.48. The zero-order valence-corrected chi connectivity index (χ0v) is 15.4. The zero-order valence-electron chi connectivity index (χ0n) is 14.5. The average Bonchev–Trinajstić information content (AvgIpc) is 3.15. The molecule has 0 bridgehead atoms. The lowest BCUT2D eigenvalue weighted by atomic mass is 10.1. The fraction of sp³-hybridized carbons (Fsp3) is 0.222. The minimum Gasteiger partial charge on any atom is -0.495 e. The predicted molar refractivity (Wildman–Crippen MR) is 101 cm³/mol. The molecule has 0 aliphatic carbocycles. The molecule has 1 N–H and O–H groups in total. The van der Waals surface area contributed by atoms with E-state index in [1.54, 1.807) is 23.9 Å². The Morgan fingerprint density at radius 1 is 1.19 bits per heavy atom. The van der Waals surface area contributed by atoms with Crippen LogP contribution >= 0.6 is 11.8 Å². The summed E-state index contributed by atoms with van der Waals surface area (Å²) in [5.74, 6) is 0.651. The lowest BCUT2D eigenvalue weighted by Gasteiger charge is -2.10. The molecule has 0 saturated carbocycles. The van der Waals surface area contributed by atoms with Gasteiger partial charge in [-0.15, -0.1) is 5.10 Å². The Kier molecular flexibility index (Phi) is 5.85. The van der Waals surface area contributed by atoms with Gasteiger partial charge in [0.25, 0.3) is 0 Å². The number of aromatic nitrogens is 4. The monoisotopic (exact) mass is 369 g/mol. The molecule has 3 rings (SSSR count). The van der Waals surface area contributed by atoms with Gasteiger partial charge in [-0.25, -0.2) is 0 Å². The molecule has 26 heavy (non-hydrogen) atoms. The maximum Gasteiger partial charge on any atom is 0.234 e. The molecule has 1 amide bonds. The molecule has 8 heteroatoms. The quantitative estimate of drug-likeness (QED) is 0.645. The Balaban J connectivity index is 1.69. The minimum atomic E-state index is -0.155. The second-order valence-electron chi connectivity index (χ2n) is 5.39. The summed E-state index contributed by atoms with van der Waals surface area (Å²) < 4.78 is 6.91. The van der Waals surface area contributed by atoms with Gasteiger partial charge in [-0.05, 0) is 40.6 Å². The van der Waals surface area contributed by atoms with E-state index in [2.05, 4.69) is 27.8 Å². The number of anilines is 1. The van der Waals surface area contributed by atoms with Gasteiger partial charge in [0.2, 0.25) is 11.1 Å². The maximum atomic E-state index is 12.3. The van der Waals surface area contributed by atoms with E-state index in [0.29, 0.717) is 16.6 Å². The molecular weight excluding hydrogens is 350 g/mol. The molecule has 0 radical (unpaired) electrons. The molecule has 3 aromatic rings. The Labute approximate surface area is 155 Å². The van der Waals surface area contributed by atoms with Crippen molar-refractivity contribution < 1.29 is 9.53 Å². The second-order valence-corrected chi connectivity index (χ2v) is 6.34. The van der Waals surface area contributed by atoms with Crippen molar-refractivity contribution in [2.75, 3.05) is 18.2 Å². The topological polar surface area (TPSA) is 81.9 Å². The highest BCUT2D eigenvalue weighted by Crippen LogP contribution is 2.24. The molecule has 0 saturated heterocycles. The van der Waals surface area contributed by atoms with Gasteiger partial charge >= 0.3 is 0 Å². The van der Waals surface area contributed by atoms with Crippen molar-refractivity contribution in [3.63, 3.8) is 0 Å². The van der Waals surface area contributed by atoms with Gasteiger partial charge in [0, 0.05) is 0 Å². The third-order valence-electron chi connectivity index (χ3n) is 3.76. The molecule has 0 fully saturated rings. The number of amides is 1. The SMILES string of the molecule is CCc1ccccc1-n1nnnc1SCC(=O)Nc1ccccc1OC. The molecule has 0 aliphatic rings. The van der Waals surface area contributed by atoms with Crippen LogP contribution in [0.25, 0.3) is 5.69 Å². The summed E-state index contributed by atoms with van der Waals surface area (Å²) in [6.45, 7) is 2.08. The minimum absolute atomic E-state index is 0.155. The third kappa shape index (κ3) is 4.02. The number of carbonyl (C=O) groups is 1. The fourth-order valence-electron chi connectivity index (χ4n) is 2.50. The number of benzene rings is 2. The van der Waals surface area contributed by atoms with Crippen LogP contribution in [0.2, 0.25) is 0 Å². The Morgan fingerprint density at radius 3 is 2.77 bits per heavy atom. The Hall–Kier alpha value is -2.87. The van der Waals surface area contributed by atoms with Crippen LogP contribution in [0.15, 0.2) is 53.7 Å². The summed E-state index contributed by atoms with van der Waals surface area (Å²) in [6, 6.07) is 15.2. The van der Waals surface area contributed by atoms with Crippen LogP contribution in [-0.4, -0.2) is 39.0 Å². The number of nitrogens with zero attached hydrogens (tertiary/aromatic N) is 4. The summed E-state index contributed by atoms with van der Waals surface area (Å²) in [7, 11) is 1.57. The van der Waals surface area contributed by atoms with E-state index in [9.17, 15) is 4.79 Å². The Morgan fingerprint density at radius 2 is 1.96 bits per heavy atom. The van der Waals surface area contributed by atoms with Crippen molar-refractivity contribution in [2.24, 2.45) is 0 Å². The molecule has 1 aromatic heterocycles. The summed E-state index contributed by atoms with van der Waals surface area (Å²) in [6.07, 6.45) is 0.869. The number of hydrogen-bond acceptors (Lipinski definition) is 6. The number of tetrazole rings is 1. The number of carbonyl (C=O) groups excluding carboxylic acids is 1. The first-order valence-corrected chi connectivity index (χ1v) is 9.13. The number of ether oxygens (including phenoxy) is 1. The Bertz CT molecular complexity index is 897. The van der Waals surface area contributed by atoms with Gasteiger partial charge in [-0.1, -0.05) is 49.0 Å². The van der Waals surface area contributed by atoms with Gasteiger partial charge in [-0.3, -0.25) is 4.79 Å². The summed E-state index contributed by atoms with van der Waals surface area (Å²) >= 11 is 1.28. The molecule has 134 valence electrons. The molecule has 0 unspecified atom stereocenters. The molecule has 0 spiro atoms. The van der Waals surface area contributed by atoms with Crippen molar-refractivity contribution in [2.45, 2.75) is 18.5 Å². The normalized spacial score (nSPS) is 10.5. The van der Waals surface area contributed by atoms with E-state index in [1.165, 1.54) is 11.8 Å². The summed E-state index contributed by atoms with van der Waals surface area (Å²) in [5.41, 5.74) is 2.70. The number of hydrogen-bond donors (Lipinski definition) is 1. The molecule has 7 nitrogen and oxygen atoms in total. The van der Waals surface area contributed by atoms with Gasteiger partial charge in [0.05, 0.1) is 24.2 Å². The number of methoxy groups -OCH3 is 1. The van der Waals surface area contributed by atoms with Crippen molar-refractivity contribution in [3.05, 3.63) is 54.1 Å². The van der Waals surface area contributed by atoms with Crippen molar-refractivity contribution in [1.29, 1.82) is 0 Å².